The minimum Gasteiger partial charge on any atom is -0.295 e. The Bertz CT molecular complexity index is 627. The van der Waals surface area contributed by atoms with Crippen molar-refractivity contribution in [2.45, 2.75) is 30.2 Å². The highest BCUT2D eigenvalue weighted by molar-refractivity contribution is 7.89. The van der Waals surface area contributed by atoms with E-state index in [1.165, 1.54) is 24.3 Å². The molecule has 1 saturated heterocycles. The number of hydrogen-bond donors (Lipinski definition) is 2. The zero-order chi connectivity index (χ0) is 14.8. The van der Waals surface area contributed by atoms with Crippen LogP contribution >= 0.6 is 11.6 Å². The lowest BCUT2D eigenvalue weighted by atomic mass is 10.1. The van der Waals surface area contributed by atoms with Crippen LogP contribution in [0.15, 0.2) is 29.2 Å². The van der Waals surface area contributed by atoms with Crippen LogP contribution in [0.5, 0.6) is 0 Å². The average Bonchev–Trinajstić information content (AvgIpc) is 2.51. The van der Waals surface area contributed by atoms with Crippen LogP contribution < -0.4 is 10.0 Å². The van der Waals surface area contributed by atoms with E-state index in [1.807, 2.05) is 0 Å². The summed E-state index contributed by atoms with van der Waals surface area (Å²) in [5.41, 5.74) is 0. The fraction of sp³-hybridized carbons (Fsp3) is 0.333. The second-order valence-corrected chi connectivity index (χ2v) is 6.58. The highest BCUT2D eigenvalue weighted by atomic mass is 35.5. The van der Waals surface area contributed by atoms with E-state index < -0.39 is 22.0 Å². The van der Waals surface area contributed by atoms with E-state index >= 15 is 0 Å². The van der Waals surface area contributed by atoms with Crippen molar-refractivity contribution in [3.63, 3.8) is 0 Å². The van der Waals surface area contributed by atoms with Crippen molar-refractivity contribution in [1.82, 2.24) is 10.0 Å². The first-order chi connectivity index (χ1) is 9.38. The van der Waals surface area contributed by atoms with Gasteiger partial charge in [0.15, 0.2) is 0 Å². The normalized spacial score (nSPS) is 20.4. The summed E-state index contributed by atoms with van der Waals surface area (Å²) in [6.07, 6.45) is 0.945. The number of amides is 2. The number of halogens is 1. The van der Waals surface area contributed by atoms with Gasteiger partial charge in [-0.25, -0.2) is 8.42 Å². The molecule has 0 spiro atoms. The van der Waals surface area contributed by atoms with Crippen molar-refractivity contribution in [1.29, 1.82) is 0 Å². The zero-order valence-electron chi connectivity index (χ0n) is 10.4. The van der Waals surface area contributed by atoms with Crippen LogP contribution in [0.3, 0.4) is 0 Å². The molecule has 1 atom stereocenters. The SMILES string of the molecule is O=C1CCCC(NS(=O)(=O)c2ccc(Cl)cc2)C(=O)N1. The number of hydrogen-bond acceptors (Lipinski definition) is 4. The van der Waals surface area contributed by atoms with Gasteiger partial charge in [-0.15, -0.1) is 0 Å². The number of carbonyl (C=O) groups excluding carboxylic acids is 2. The minimum atomic E-state index is -3.82. The first-order valence-corrected chi connectivity index (χ1v) is 7.86. The molecule has 0 radical (unpaired) electrons. The van der Waals surface area contributed by atoms with Crippen LogP contribution in [0.1, 0.15) is 19.3 Å². The maximum Gasteiger partial charge on any atom is 0.244 e. The fourth-order valence-corrected chi connectivity index (χ4v) is 3.22. The number of benzene rings is 1. The summed E-state index contributed by atoms with van der Waals surface area (Å²) in [6.45, 7) is 0. The van der Waals surface area contributed by atoms with Gasteiger partial charge in [0.05, 0.1) is 4.90 Å². The van der Waals surface area contributed by atoms with Gasteiger partial charge < -0.3 is 0 Å². The van der Waals surface area contributed by atoms with Crippen LogP contribution in [0.25, 0.3) is 0 Å². The van der Waals surface area contributed by atoms with Gasteiger partial charge in [0.25, 0.3) is 0 Å². The molecular formula is C12H13ClN2O4S. The van der Waals surface area contributed by atoms with Crippen molar-refractivity contribution in [3.05, 3.63) is 29.3 Å². The Morgan fingerprint density at radius 3 is 2.50 bits per heavy atom. The number of sulfonamides is 1. The number of nitrogens with one attached hydrogen (secondary N) is 2. The zero-order valence-corrected chi connectivity index (χ0v) is 12.0. The van der Waals surface area contributed by atoms with Crippen molar-refractivity contribution >= 4 is 33.4 Å². The van der Waals surface area contributed by atoms with Crippen LogP contribution in [-0.4, -0.2) is 26.3 Å². The third-order valence-corrected chi connectivity index (χ3v) is 4.64. The van der Waals surface area contributed by atoms with Gasteiger partial charge in [-0.1, -0.05) is 11.6 Å². The maximum absolute atomic E-state index is 12.1. The van der Waals surface area contributed by atoms with E-state index in [-0.39, 0.29) is 23.6 Å². The van der Waals surface area contributed by atoms with Gasteiger partial charge in [-0.05, 0) is 37.1 Å². The molecule has 1 aliphatic heterocycles. The summed E-state index contributed by atoms with van der Waals surface area (Å²) >= 11 is 5.70. The molecule has 8 heteroatoms. The second-order valence-electron chi connectivity index (χ2n) is 4.43. The summed E-state index contributed by atoms with van der Waals surface area (Å²) in [6, 6.07) is 4.66. The molecule has 108 valence electrons. The molecule has 1 heterocycles. The van der Waals surface area contributed by atoms with Crippen LogP contribution in [0.4, 0.5) is 0 Å². The Hall–Kier alpha value is -1.44. The van der Waals surface area contributed by atoms with E-state index in [0.29, 0.717) is 11.4 Å². The van der Waals surface area contributed by atoms with Crippen LogP contribution in [-0.2, 0) is 19.6 Å². The molecule has 0 aliphatic carbocycles. The molecule has 1 fully saturated rings. The van der Waals surface area contributed by atoms with Crippen molar-refractivity contribution in [3.8, 4) is 0 Å². The fourth-order valence-electron chi connectivity index (χ4n) is 1.87. The third kappa shape index (κ3) is 3.56. The molecule has 2 N–H and O–H groups in total. The second kappa shape index (κ2) is 5.90. The Morgan fingerprint density at radius 2 is 1.85 bits per heavy atom. The molecule has 2 rings (SSSR count). The van der Waals surface area contributed by atoms with E-state index in [9.17, 15) is 18.0 Å². The predicted octanol–water partition coefficient (Wildman–Crippen LogP) is 0.814. The third-order valence-electron chi connectivity index (χ3n) is 2.90. The van der Waals surface area contributed by atoms with Crippen molar-refractivity contribution in [2.24, 2.45) is 0 Å². The molecular weight excluding hydrogens is 304 g/mol. The van der Waals surface area contributed by atoms with Crippen molar-refractivity contribution < 1.29 is 18.0 Å². The summed E-state index contributed by atoms with van der Waals surface area (Å²) in [5.74, 6) is -1.01. The molecule has 1 aromatic carbocycles. The van der Waals surface area contributed by atoms with Gasteiger partial charge in [0.1, 0.15) is 6.04 Å². The van der Waals surface area contributed by atoms with Crippen molar-refractivity contribution in [2.75, 3.05) is 0 Å². The smallest absolute Gasteiger partial charge is 0.244 e. The number of rotatable bonds is 3. The molecule has 0 bridgehead atoms. The minimum absolute atomic E-state index is 0.0188. The Labute approximate surface area is 121 Å². The van der Waals surface area contributed by atoms with Crippen LogP contribution in [0.2, 0.25) is 5.02 Å². The molecule has 20 heavy (non-hydrogen) atoms. The van der Waals surface area contributed by atoms with E-state index in [1.54, 1.807) is 0 Å². The molecule has 0 saturated carbocycles. The largest absolute Gasteiger partial charge is 0.295 e. The standard InChI is InChI=1S/C12H13ClN2O4S/c13-8-4-6-9(7-5-8)20(18,19)15-10-2-1-3-11(16)14-12(10)17/h4-7,10,15H,1-3H2,(H,14,16,17). The molecule has 1 aromatic rings. The first kappa shape index (κ1) is 15.0. The summed E-state index contributed by atoms with van der Waals surface area (Å²) in [4.78, 5) is 22.9. The van der Waals surface area contributed by atoms with Gasteiger partial charge in [-0.2, -0.15) is 4.72 Å². The molecule has 2 amide bonds. The van der Waals surface area contributed by atoms with Gasteiger partial charge in [0, 0.05) is 11.4 Å². The van der Waals surface area contributed by atoms with Gasteiger partial charge in [-0.3, -0.25) is 14.9 Å². The average molecular weight is 317 g/mol. The van der Waals surface area contributed by atoms with Crippen LogP contribution in [0, 0.1) is 0 Å². The summed E-state index contributed by atoms with van der Waals surface area (Å²) < 4.78 is 26.6. The summed E-state index contributed by atoms with van der Waals surface area (Å²) in [7, 11) is -3.82. The number of imide groups is 1. The first-order valence-electron chi connectivity index (χ1n) is 6.00. The molecule has 1 unspecified atom stereocenters. The highest BCUT2D eigenvalue weighted by Crippen LogP contribution is 2.16. The maximum atomic E-state index is 12.1. The lowest BCUT2D eigenvalue weighted by Crippen LogP contribution is -2.46. The van der Waals surface area contributed by atoms with E-state index in [2.05, 4.69) is 10.0 Å². The lowest BCUT2D eigenvalue weighted by Gasteiger charge is -2.15. The van der Waals surface area contributed by atoms with Gasteiger partial charge in [0.2, 0.25) is 21.8 Å². The predicted molar refractivity (Wildman–Crippen MR) is 72.6 cm³/mol. The van der Waals surface area contributed by atoms with E-state index in [0.717, 1.165) is 0 Å². The summed E-state index contributed by atoms with van der Waals surface area (Å²) in [5, 5.41) is 2.57. The lowest BCUT2D eigenvalue weighted by molar-refractivity contribution is -0.130. The monoisotopic (exact) mass is 316 g/mol. The Morgan fingerprint density at radius 1 is 1.20 bits per heavy atom. The Kier molecular flexibility index (Phi) is 4.42. The van der Waals surface area contributed by atoms with E-state index in [4.69, 9.17) is 11.6 Å². The quantitative estimate of drug-likeness (QED) is 0.807. The molecule has 1 aliphatic rings. The molecule has 0 aromatic heterocycles. The topological polar surface area (TPSA) is 92.3 Å². The van der Waals surface area contributed by atoms with Gasteiger partial charge >= 0.3 is 0 Å². The Balaban J connectivity index is 2.17. The number of carbonyl (C=O) groups is 2. The highest BCUT2D eigenvalue weighted by Gasteiger charge is 2.28. The molecule has 6 nitrogen and oxygen atoms in total.